The first-order valence-corrected chi connectivity index (χ1v) is 8.96. The van der Waals surface area contributed by atoms with E-state index in [1.165, 1.54) is 51.4 Å². The lowest BCUT2D eigenvalue weighted by atomic mass is 9.49. The van der Waals surface area contributed by atoms with Crippen molar-refractivity contribution in [2.24, 2.45) is 47.2 Å². The van der Waals surface area contributed by atoms with Crippen LogP contribution in [0.3, 0.4) is 0 Å². The molecule has 3 atom stereocenters. The van der Waals surface area contributed by atoms with E-state index in [0.29, 0.717) is 6.04 Å². The summed E-state index contributed by atoms with van der Waals surface area (Å²) in [4.78, 5) is 0. The molecule has 19 heavy (non-hydrogen) atoms. The maximum absolute atomic E-state index is 6.84. The zero-order valence-corrected chi connectivity index (χ0v) is 12.6. The van der Waals surface area contributed by atoms with Crippen LogP contribution in [0.15, 0.2) is 0 Å². The van der Waals surface area contributed by atoms with Crippen molar-refractivity contribution >= 4 is 0 Å². The molecule has 5 fully saturated rings. The lowest BCUT2D eigenvalue weighted by Gasteiger charge is -2.57. The van der Waals surface area contributed by atoms with Crippen molar-refractivity contribution in [1.29, 1.82) is 0 Å². The smallest absolute Gasteiger partial charge is 0.0101 e. The first-order chi connectivity index (χ1) is 9.20. The van der Waals surface area contributed by atoms with Gasteiger partial charge in [-0.15, -0.1) is 0 Å². The second-order valence-electron chi connectivity index (χ2n) is 8.62. The molecule has 5 saturated carbocycles. The first-order valence-electron chi connectivity index (χ1n) is 8.96. The van der Waals surface area contributed by atoms with Crippen LogP contribution >= 0.6 is 0 Å². The van der Waals surface area contributed by atoms with Crippen molar-refractivity contribution < 1.29 is 0 Å². The van der Waals surface area contributed by atoms with Crippen LogP contribution in [0.5, 0.6) is 0 Å². The van der Waals surface area contributed by atoms with Crippen molar-refractivity contribution in [2.45, 2.75) is 70.8 Å². The van der Waals surface area contributed by atoms with Gasteiger partial charge in [-0.2, -0.15) is 0 Å². The Morgan fingerprint density at radius 1 is 0.842 bits per heavy atom. The fraction of sp³-hybridized carbons (Fsp3) is 1.00. The topological polar surface area (TPSA) is 26.0 Å². The molecule has 2 N–H and O–H groups in total. The normalized spacial score (nSPS) is 54.3. The van der Waals surface area contributed by atoms with Gasteiger partial charge in [-0.05, 0) is 86.4 Å². The molecule has 5 rings (SSSR count). The lowest BCUT2D eigenvalue weighted by Crippen LogP contribution is -2.54. The second-order valence-corrected chi connectivity index (χ2v) is 8.62. The Bertz CT molecular complexity index is 309. The zero-order valence-electron chi connectivity index (χ0n) is 12.6. The molecule has 108 valence electrons. The van der Waals surface area contributed by atoms with Gasteiger partial charge < -0.3 is 5.73 Å². The number of hydrogen-bond acceptors (Lipinski definition) is 1. The van der Waals surface area contributed by atoms with Gasteiger partial charge >= 0.3 is 0 Å². The van der Waals surface area contributed by atoms with Crippen LogP contribution in [0.25, 0.3) is 0 Å². The Balaban J connectivity index is 1.49. The highest BCUT2D eigenvalue weighted by atomic mass is 14.7. The van der Waals surface area contributed by atoms with Gasteiger partial charge in [0.25, 0.3) is 0 Å². The van der Waals surface area contributed by atoms with Crippen LogP contribution in [0, 0.1) is 41.4 Å². The number of nitrogens with two attached hydrogens (primary N) is 1. The van der Waals surface area contributed by atoms with Crippen molar-refractivity contribution in [2.75, 3.05) is 0 Å². The Hall–Kier alpha value is -0.0400. The van der Waals surface area contributed by atoms with Gasteiger partial charge in [-0.25, -0.2) is 0 Å². The minimum atomic E-state index is 0.540. The Kier molecular flexibility index (Phi) is 3.17. The molecule has 0 aromatic rings. The van der Waals surface area contributed by atoms with Crippen molar-refractivity contribution in [3.05, 3.63) is 0 Å². The molecule has 0 aromatic heterocycles. The van der Waals surface area contributed by atoms with Crippen molar-refractivity contribution in [1.82, 2.24) is 0 Å². The molecule has 0 saturated heterocycles. The van der Waals surface area contributed by atoms with Gasteiger partial charge in [0.1, 0.15) is 0 Å². The van der Waals surface area contributed by atoms with E-state index < -0.39 is 0 Å². The minimum absolute atomic E-state index is 0.540. The van der Waals surface area contributed by atoms with E-state index in [-0.39, 0.29) is 0 Å². The predicted octanol–water partition coefficient (Wildman–Crippen LogP) is 4.21. The zero-order chi connectivity index (χ0) is 13.0. The summed E-state index contributed by atoms with van der Waals surface area (Å²) in [5.41, 5.74) is 6.84. The molecule has 5 aliphatic rings. The van der Waals surface area contributed by atoms with E-state index in [1.54, 1.807) is 6.42 Å². The maximum Gasteiger partial charge on any atom is 0.0101 e. The highest BCUT2D eigenvalue weighted by molar-refractivity contribution is 5.02. The summed E-state index contributed by atoms with van der Waals surface area (Å²) in [5, 5.41) is 0. The molecule has 0 amide bonds. The monoisotopic (exact) mass is 261 g/mol. The maximum atomic E-state index is 6.84. The molecule has 5 aliphatic carbocycles. The molecule has 0 aliphatic heterocycles. The van der Waals surface area contributed by atoms with E-state index >= 15 is 0 Å². The average Bonchev–Trinajstić information content (AvgIpc) is 2.37. The van der Waals surface area contributed by atoms with Crippen LogP contribution in [0.1, 0.15) is 64.7 Å². The largest absolute Gasteiger partial charge is 0.327 e. The third-order valence-electron chi connectivity index (χ3n) is 7.27. The van der Waals surface area contributed by atoms with Gasteiger partial charge in [0.05, 0.1) is 0 Å². The molecule has 3 unspecified atom stereocenters. The van der Waals surface area contributed by atoms with Crippen LogP contribution in [-0.2, 0) is 0 Å². The standard InChI is InChI=1S/C18H31N/c1-11-3-2-4-14(5-11)18(19)17-15-7-12-6-13(9-15)10-16(17)8-12/h11-18H,2-10,19H2,1H3. The summed E-state index contributed by atoms with van der Waals surface area (Å²) >= 11 is 0. The number of hydrogen-bond donors (Lipinski definition) is 1. The van der Waals surface area contributed by atoms with Crippen LogP contribution < -0.4 is 5.73 Å². The Labute approximate surface area is 118 Å². The number of rotatable bonds is 2. The van der Waals surface area contributed by atoms with E-state index in [4.69, 9.17) is 5.73 Å². The average molecular weight is 261 g/mol. The van der Waals surface area contributed by atoms with E-state index in [0.717, 1.165) is 41.4 Å². The van der Waals surface area contributed by atoms with Crippen molar-refractivity contribution in [3.63, 3.8) is 0 Å². The third-order valence-corrected chi connectivity index (χ3v) is 7.27. The predicted molar refractivity (Wildman–Crippen MR) is 79.6 cm³/mol. The van der Waals surface area contributed by atoms with E-state index in [9.17, 15) is 0 Å². The summed E-state index contributed by atoms with van der Waals surface area (Å²) in [6.45, 7) is 2.44. The van der Waals surface area contributed by atoms with Gasteiger partial charge in [0, 0.05) is 6.04 Å². The van der Waals surface area contributed by atoms with Crippen molar-refractivity contribution in [3.8, 4) is 0 Å². The van der Waals surface area contributed by atoms with Crippen LogP contribution in [0.2, 0.25) is 0 Å². The molecule has 0 radical (unpaired) electrons. The van der Waals surface area contributed by atoms with Gasteiger partial charge in [0.2, 0.25) is 0 Å². The SMILES string of the molecule is CC1CCCC(C(N)C2C3CC4CC(C3)CC2C4)C1. The fourth-order valence-corrected chi connectivity index (χ4v) is 6.74. The Morgan fingerprint density at radius 3 is 2.05 bits per heavy atom. The quantitative estimate of drug-likeness (QED) is 0.791. The van der Waals surface area contributed by atoms with Crippen LogP contribution in [-0.4, -0.2) is 6.04 Å². The lowest BCUT2D eigenvalue weighted by molar-refractivity contribution is -0.0576. The minimum Gasteiger partial charge on any atom is -0.327 e. The summed E-state index contributed by atoms with van der Waals surface area (Å²) < 4.78 is 0. The molecular formula is C18H31N. The molecule has 4 bridgehead atoms. The highest BCUT2D eigenvalue weighted by Crippen LogP contribution is 2.58. The Morgan fingerprint density at radius 2 is 1.47 bits per heavy atom. The summed E-state index contributed by atoms with van der Waals surface area (Å²) in [6.07, 6.45) is 13.4. The van der Waals surface area contributed by atoms with Gasteiger partial charge in [-0.3, -0.25) is 0 Å². The molecule has 0 spiro atoms. The highest BCUT2D eigenvalue weighted by Gasteiger charge is 2.50. The van der Waals surface area contributed by atoms with Gasteiger partial charge in [-0.1, -0.05) is 19.8 Å². The second kappa shape index (κ2) is 4.76. The van der Waals surface area contributed by atoms with Crippen LogP contribution in [0.4, 0.5) is 0 Å². The molecule has 1 heteroatoms. The summed E-state index contributed by atoms with van der Waals surface area (Å²) in [7, 11) is 0. The molecule has 1 nitrogen and oxygen atoms in total. The summed E-state index contributed by atoms with van der Waals surface area (Å²) in [6, 6.07) is 0.540. The molecule has 0 heterocycles. The summed E-state index contributed by atoms with van der Waals surface area (Å²) in [5.74, 6) is 6.91. The van der Waals surface area contributed by atoms with Gasteiger partial charge in [0.15, 0.2) is 0 Å². The molecule has 0 aromatic carbocycles. The molecular weight excluding hydrogens is 230 g/mol. The van der Waals surface area contributed by atoms with E-state index in [2.05, 4.69) is 6.92 Å². The van der Waals surface area contributed by atoms with E-state index in [1.807, 2.05) is 0 Å². The fourth-order valence-electron chi connectivity index (χ4n) is 6.74. The third kappa shape index (κ3) is 2.17. The first kappa shape index (κ1) is 12.7.